The van der Waals surface area contributed by atoms with Crippen LogP contribution in [0, 0.1) is 12.8 Å². The molecule has 2 rings (SSSR count). The summed E-state index contributed by atoms with van der Waals surface area (Å²) in [6, 6.07) is 0. The third-order valence-corrected chi connectivity index (χ3v) is 3.18. The predicted octanol–water partition coefficient (Wildman–Crippen LogP) is 1.53. The summed E-state index contributed by atoms with van der Waals surface area (Å²) in [5.41, 5.74) is 0.178. The van der Waals surface area contributed by atoms with Crippen LogP contribution in [0.1, 0.15) is 12.2 Å². The minimum atomic E-state index is -1.02. The van der Waals surface area contributed by atoms with E-state index >= 15 is 0 Å². The number of carboxylic acid groups (broad SMARTS) is 1. The van der Waals surface area contributed by atoms with Gasteiger partial charge in [0.05, 0.1) is 5.92 Å². The van der Waals surface area contributed by atoms with Gasteiger partial charge in [-0.15, -0.1) is 0 Å². The first-order valence-corrected chi connectivity index (χ1v) is 5.88. The Labute approximate surface area is 113 Å². The van der Waals surface area contributed by atoms with Gasteiger partial charge < -0.3 is 10.0 Å². The minimum absolute atomic E-state index is 0.0278. The number of amides is 1. The first kappa shape index (κ1) is 13.0. The molecule has 0 aliphatic carbocycles. The van der Waals surface area contributed by atoms with E-state index in [-0.39, 0.29) is 34.9 Å². The smallest absolute Gasteiger partial charge is 0.308 e. The van der Waals surface area contributed by atoms with Crippen molar-refractivity contribution in [3.63, 3.8) is 0 Å². The molecule has 96 valence electrons. The van der Waals surface area contributed by atoms with Crippen LogP contribution in [0.25, 0.3) is 0 Å². The second kappa shape index (κ2) is 4.70. The number of aryl methyl sites for hydroxylation is 1. The van der Waals surface area contributed by atoms with Crippen LogP contribution >= 0.6 is 23.2 Å². The minimum Gasteiger partial charge on any atom is -0.481 e. The van der Waals surface area contributed by atoms with Crippen molar-refractivity contribution in [1.82, 2.24) is 9.97 Å². The number of carbonyl (C=O) groups is 2. The Morgan fingerprint density at radius 2 is 1.94 bits per heavy atom. The zero-order valence-corrected chi connectivity index (χ0v) is 10.9. The number of anilines is 1. The van der Waals surface area contributed by atoms with Crippen molar-refractivity contribution in [2.45, 2.75) is 13.3 Å². The second-order valence-corrected chi connectivity index (χ2v) is 4.66. The maximum atomic E-state index is 11.8. The highest BCUT2D eigenvalue weighted by atomic mass is 35.5. The molecule has 0 spiro atoms. The summed E-state index contributed by atoms with van der Waals surface area (Å²) in [6.07, 6.45) is -0.0735. The van der Waals surface area contributed by atoms with Crippen molar-refractivity contribution < 1.29 is 14.7 Å². The fraction of sp³-hybridized carbons (Fsp3) is 0.400. The van der Waals surface area contributed by atoms with Crippen molar-refractivity contribution in [1.29, 1.82) is 0 Å². The summed E-state index contributed by atoms with van der Waals surface area (Å²) < 4.78 is 0. The molecule has 1 aromatic rings. The fourth-order valence-corrected chi connectivity index (χ4v) is 2.49. The number of hydrogen-bond acceptors (Lipinski definition) is 4. The third-order valence-electron chi connectivity index (χ3n) is 2.65. The van der Waals surface area contributed by atoms with E-state index in [9.17, 15) is 9.59 Å². The van der Waals surface area contributed by atoms with Crippen LogP contribution in [0.4, 0.5) is 5.69 Å². The summed E-state index contributed by atoms with van der Waals surface area (Å²) in [4.78, 5) is 31.7. The average Bonchev–Trinajstić information content (AvgIpc) is 2.59. The molecule has 1 aliphatic heterocycles. The number of nitrogens with zero attached hydrogens (tertiary/aromatic N) is 3. The number of aromatic nitrogens is 2. The average molecular weight is 290 g/mol. The Kier molecular flexibility index (Phi) is 3.41. The summed E-state index contributed by atoms with van der Waals surface area (Å²) in [7, 11) is 0. The molecule has 0 saturated carbocycles. The highest BCUT2D eigenvalue weighted by Gasteiger charge is 2.37. The molecular formula is C10H9Cl2N3O3. The lowest BCUT2D eigenvalue weighted by Crippen LogP contribution is -2.27. The van der Waals surface area contributed by atoms with Crippen LogP contribution in [-0.2, 0) is 9.59 Å². The van der Waals surface area contributed by atoms with Crippen LogP contribution in [0.5, 0.6) is 0 Å². The summed E-state index contributed by atoms with van der Waals surface area (Å²) in [5, 5.41) is 9.00. The van der Waals surface area contributed by atoms with E-state index in [1.54, 1.807) is 6.92 Å². The topological polar surface area (TPSA) is 83.4 Å². The summed E-state index contributed by atoms with van der Waals surface area (Å²) >= 11 is 11.9. The Balaban J connectivity index is 2.39. The monoisotopic (exact) mass is 289 g/mol. The predicted molar refractivity (Wildman–Crippen MR) is 64.9 cm³/mol. The standard InChI is InChI=1S/C10H9Cl2N3O3/c1-4-13-8(11)7(9(12)14-4)15-3-5(10(17)18)2-6(15)16/h5H,2-3H2,1H3,(H,17,18). The maximum absolute atomic E-state index is 11.8. The lowest BCUT2D eigenvalue weighted by atomic mass is 10.1. The van der Waals surface area contributed by atoms with Gasteiger partial charge in [0.2, 0.25) is 5.91 Å². The highest BCUT2D eigenvalue weighted by molar-refractivity contribution is 6.38. The molecule has 1 aliphatic rings. The van der Waals surface area contributed by atoms with Gasteiger partial charge in [-0.3, -0.25) is 9.59 Å². The van der Waals surface area contributed by atoms with E-state index in [1.165, 1.54) is 4.90 Å². The van der Waals surface area contributed by atoms with E-state index < -0.39 is 11.9 Å². The van der Waals surface area contributed by atoms with Gasteiger partial charge in [0.25, 0.3) is 0 Å². The molecule has 1 fully saturated rings. The zero-order chi connectivity index (χ0) is 13.4. The summed E-state index contributed by atoms with van der Waals surface area (Å²) in [5.74, 6) is -1.74. The van der Waals surface area contributed by atoms with Gasteiger partial charge in [0, 0.05) is 13.0 Å². The number of carboxylic acids is 1. The molecule has 1 amide bonds. The van der Waals surface area contributed by atoms with Crippen LogP contribution in [-0.4, -0.2) is 33.5 Å². The quantitative estimate of drug-likeness (QED) is 0.835. The molecule has 0 radical (unpaired) electrons. The number of carbonyl (C=O) groups excluding carboxylic acids is 1. The first-order chi connectivity index (χ1) is 8.40. The van der Waals surface area contributed by atoms with Gasteiger partial charge in [0.1, 0.15) is 11.5 Å². The van der Waals surface area contributed by atoms with Crippen LogP contribution < -0.4 is 4.90 Å². The number of rotatable bonds is 2. The lowest BCUT2D eigenvalue weighted by Gasteiger charge is -2.18. The van der Waals surface area contributed by atoms with Gasteiger partial charge in [-0.25, -0.2) is 9.97 Å². The second-order valence-electron chi connectivity index (χ2n) is 3.94. The molecule has 2 heterocycles. The number of hydrogen-bond donors (Lipinski definition) is 1. The molecule has 6 nitrogen and oxygen atoms in total. The Morgan fingerprint density at radius 1 is 1.39 bits per heavy atom. The Morgan fingerprint density at radius 3 is 2.39 bits per heavy atom. The van der Waals surface area contributed by atoms with Crippen molar-refractivity contribution in [2.75, 3.05) is 11.4 Å². The first-order valence-electron chi connectivity index (χ1n) is 5.13. The van der Waals surface area contributed by atoms with E-state index in [1.807, 2.05) is 0 Å². The third kappa shape index (κ3) is 2.26. The molecule has 0 aromatic carbocycles. The molecule has 1 N–H and O–H groups in total. The molecule has 0 bridgehead atoms. The molecular weight excluding hydrogens is 281 g/mol. The molecule has 18 heavy (non-hydrogen) atoms. The molecule has 1 atom stereocenters. The van der Waals surface area contributed by atoms with Gasteiger partial charge in [-0.1, -0.05) is 23.2 Å². The van der Waals surface area contributed by atoms with E-state index in [2.05, 4.69) is 9.97 Å². The van der Waals surface area contributed by atoms with Gasteiger partial charge in [-0.05, 0) is 6.92 Å². The van der Waals surface area contributed by atoms with Gasteiger partial charge >= 0.3 is 5.97 Å². The maximum Gasteiger partial charge on any atom is 0.308 e. The molecule has 1 unspecified atom stereocenters. The number of halogens is 2. The Hall–Kier alpha value is -1.40. The largest absolute Gasteiger partial charge is 0.481 e. The molecule has 1 aromatic heterocycles. The molecule has 1 saturated heterocycles. The lowest BCUT2D eigenvalue weighted by molar-refractivity contribution is -0.141. The van der Waals surface area contributed by atoms with Crippen molar-refractivity contribution in [2.24, 2.45) is 5.92 Å². The van der Waals surface area contributed by atoms with E-state index in [0.29, 0.717) is 5.82 Å². The van der Waals surface area contributed by atoms with E-state index in [0.717, 1.165) is 0 Å². The summed E-state index contributed by atoms with van der Waals surface area (Å²) in [6.45, 7) is 1.65. The SMILES string of the molecule is Cc1nc(Cl)c(N2CC(C(=O)O)CC2=O)c(Cl)n1. The van der Waals surface area contributed by atoms with E-state index in [4.69, 9.17) is 28.3 Å². The van der Waals surface area contributed by atoms with Gasteiger partial charge in [-0.2, -0.15) is 0 Å². The Bertz CT molecular complexity index is 512. The van der Waals surface area contributed by atoms with Crippen LogP contribution in [0.2, 0.25) is 10.3 Å². The van der Waals surface area contributed by atoms with Crippen molar-refractivity contribution in [3.8, 4) is 0 Å². The van der Waals surface area contributed by atoms with Crippen LogP contribution in [0.3, 0.4) is 0 Å². The van der Waals surface area contributed by atoms with Gasteiger partial charge in [0.15, 0.2) is 10.3 Å². The van der Waals surface area contributed by atoms with Crippen molar-refractivity contribution >= 4 is 40.8 Å². The van der Waals surface area contributed by atoms with Crippen molar-refractivity contribution in [3.05, 3.63) is 16.1 Å². The zero-order valence-electron chi connectivity index (χ0n) is 9.35. The number of aliphatic carboxylic acids is 1. The highest BCUT2D eigenvalue weighted by Crippen LogP contribution is 2.35. The fourth-order valence-electron chi connectivity index (χ4n) is 1.81. The van der Waals surface area contributed by atoms with Crippen LogP contribution in [0.15, 0.2) is 0 Å². The molecule has 8 heteroatoms. The normalized spacial score (nSPS) is 19.4.